The first-order valence-electron chi connectivity index (χ1n) is 14.5. The third-order valence-corrected chi connectivity index (χ3v) is 8.30. The maximum Gasteiger partial charge on any atom is -0.0184 e. The topological polar surface area (TPSA) is 0 Å². The van der Waals surface area contributed by atoms with Crippen LogP contribution >= 0.6 is 0 Å². The molecule has 0 atom stereocenters. The van der Waals surface area contributed by atoms with Gasteiger partial charge in [-0.2, -0.15) is 0 Å². The summed E-state index contributed by atoms with van der Waals surface area (Å²) in [5.41, 5.74) is 8.18. The Morgan fingerprint density at radius 3 is 1.31 bits per heavy atom. The molecule has 0 amide bonds. The lowest BCUT2D eigenvalue weighted by molar-refractivity contribution is 0.249. The van der Waals surface area contributed by atoms with E-state index in [1.54, 1.807) is 0 Å². The molecule has 0 unspecified atom stereocenters. The van der Waals surface area contributed by atoms with Gasteiger partial charge in [0.1, 0.15) is 0 Å². The largest absolute Gasteiger partial charge is 0.0654 e. The van der Waals surface area contributed by atoms with Gasteiger partial charge in [-0.05, 0) is 70.9 Å². The third kappa shape index (κ3) is 7.83. The monoisotopic (exact) mass is 466 g/mol. The molecule has 0 aromatic heterocycles. The van der Waals surface area contributed by atoms with Gasteiger partial charge in [0.05, 0.1) is 0 Å². The van der Waals surface area contributed by atoms with Gasteiger partial charge in [-0.1, -0.05) is 144 Å². The first-order valence-corrected chi connectivity index (χ1v) is 14.5. The first-order chi connectivity index (χ1) is 17.2. The highest BCUT2D eigenvalue weighted by Crippen LogP contribution is 2.34. The second-order valence-electron chi connectivity index (χ2n) is 11.0. The summed E-state index contributed by atoms with van der Waals surface area (Å²) in [4.78, 5) is 0. The van der Waals surface area contributed by atoms with Crippen LogP contribution in [0.1, 0.15) is 95.6 Å². The Labute approximate surface area is 215 Å². The molecule has 3 aromatic carbocycles. The van der Waals surface area contributed by atoms with Gasteiger partial charge in [0.15, 0.2) is 0 Å². The van der Waals surface area contributed by atoms with Gasteiger partial charge in [-0.3, -0.25) is 0 Å². The Morgan fingerprint density at radius 2 is 0.857 bits per heavy atom. The summed E-state index contributed by atoms with van der Waals surface area (Å²) in [5.74, 6) is 1.97. The van der Waals surface area contributed by atoms with Crippen molar-refractivity contribution in [1.29, 1.82) is 0 Å². The average molecular weight is 467 g/mol. The minimum absolute atomic E-state index is 0.949. The predicted octanol–water partition coefficient (Wildman–Crippen LogP) is 10.7. The molecule has 1 saturated carbocycles. The lowest BCUT2D eigenvalue weighted by Gasteiger charge is -2.28. The molecule has 1 aliphatic rings. The zero-order valence-electron chi connectivity index (χ0n) is 22.3. The fourth-order valence-corrected chi connectivity index (χ4v) is 5.83. The molecule has 0 radical (unpaired) electrons. The molecule has 0 heterocycles. The van der Waals surface area contributed by atoms with Crippen molar-refractivity contribution in [3.63, 3.8) is 0 Å². The Kier molecular flexibility index (Phi) is 10.1. The lowest BCUT2D eigenvalue weighted by atomic mass is 9.78. The molecule has 1 aliphatic carbocycles. The summed E-state index contributed by atoms with van der Waals surface area (Å²) < 4.78 is 0. The second kappa shape index (κ2) is 13.7. The van der Waals surface area contributed by atoms with Crippen LogP contribution in [0.25, 0.3) is 22.3 Å². The Morgan fingerprint density at radius 1 is 0.457 bits per heavy atom. The van der Waals surface area contributed by atoms with E-state index in [-0.39, 0.29) is 0 Å². The highest BCUT2D eigenvalue weighted by molar-refractivity contribution is 5.70. The molecule has 0 bridgehead atoms. The third-order valence-electron chi connectivity index (χ3n) is 8.30. The Balaban J connectivity index is 1.25. The van der Waals surface area contributed by atoms with Crippen molar-refractivity contribution in [2.24, 2.45) is 11.8 Å². The van der Waals surface area contributed by atoms with Crippen molar-refractivity contribution in [2.45, 2.75) is 97.3 Å². The van der Waals surface area contributed by atoms with Crippen molar-refractivity contribution < 1.29 is 0 Å². The molecule has 3 aromatic rings. The van der Waals surface area contributed by atoms with E-state index >= 15 is 0 Å². The van der Waals surface area contributed by atoms with Crippen LogP contribution in [0.15, 0.2) is 72.8 Å². The van der Waals surface area contributed by atoms with Gasteiger partial charge < -0.3 is 0 Å². The van der Waals surface area contributed by atoms with E-state index in [0.717, 1.165) is 11.8 Å². The molecular weight excluding hydrogens is 420 g/mol. The number of aryl methyl sites for hydroxylation is 2. The maximum atomic E-state index is 2.36. The number of benzene rings is 3. The summed E-state index contributed by atoms with van der Waals surface area (Å²) >= 11 is 0. The lowest BCUT2D eigenvalue weighted by Crippen LogP contribution is -2.15. The summed E-state index contributed by atoms with van der Waals surface area (Å²) in [5, 5.41) is 0. The summed E-state index contributed by atoms with van der Waals surface area (Å²) in [6.07, 6.45) is 17.9. The van der Waals surface area contributed by atoms with E-state index in [2.05, 4.69) is 86.6 Å². The van der Waals surface area contributed by atoms with Crippen LogP contribution in [-0.2, 0) is 12.8 Å². The number of hydrogen-bond donors (Lipinski definition) is 0. The predicted molar refractivity (Wildman–Crippen MR) is 154 cm³/mol. The Bertz CT molecular complexity index is 970. The maximum absolute atomic E-state index is 2.36. The van der Waals surface area contributed by atoms with E-state index in [1.807, 2.05) is 0 Å². The molecule has 0 saturated heterocycles. The summed E-state index contributed by atoms with van der Waals surface area (Å²) in [6.45, 7) is 4.57. The van der Waals surface area contributed by atoms with E-state index in [4.69, 9.17) is 0 Å². The summed E-state index contributed by atoms with van der Waals surface area (Å²) in [6, 6.07) is 27.5. The molecule has 0 aliphatic heterocycles. The van der Waals surface area contributed by atoms with Crippen LogP contribution in [-0.4, -0.2) is 0 Å². The van der Waals surface area contributed by atoms with Gasteiger partial charge in [-0.15, -0.1) is 0 Å². The molecular formula is C35H46. The van der Waals surface area contributed by atoms with Crippen LogP contribution in [0.4, 0.5) is 0 Å². The van der Waals surface area contributed by atoms with Gasteiger partial charge in [0.25, 0.3) is 0 Å². The van der Waals surface area contributed by atoms with Crippen LogP contribution in [0.3, 0.4) is 0 Å². The Hall–Kier alpha value is -2.34. The zero-order valence-corrected chi connectivity index (χ0v) is 22.3. The molecule has 4 rings (SSSR count). The number of hydrogen-bond acceptors (Lipinski definition) is 0. The van der Waals surface area contributed by atoms with Crippen molar-refractivity contribution >= 4 is 0 Å². The fraction of sp³-hybridized carbons (Fsp3) is 0.486. The van der Waals surface area contributed by atoms with Gasteiger partial charge in [0.2, 0.25) is 0 Å². The van der Waals surface area contributed by atoms with Crippen LogP contribution < -0.4 is 0 Å². The van der Waals surface area contributed by atoms with Gasteiger partial charge in [-0.25, -0.2) is 0 Å². The molecule has 0 N–H and O–H groups in total. The second-order valence-corrected chi connectivity index (χ2v) is 11.0. The van der Waals surface area contributed by atoms with Crippen molar-refractivity contribution in [2.75, 3.05) is 0 Å². The minimum Gasteiger partial charge on any atom is -0.0654 e. The zero-order chi connectivity index (χ0) is 24.3. The van der Waals surface area contributed by atoms with Crippen LogP contribution in [0.5, 0.6) is 0 Å². The van der Waals surface area contributed by atoms with Crippen molar-refractivity contribution in [3.8, 4) is 22.3 Å². The smallest absolute Gasteiger partial charge is 0.0184 e. The van der Waals surface area contributed by atoms with E-state index in [0.29, 0.717) is 0 Å². The average Bonchev–Trinajstić information content (AvgIpc) is 2.92. The minimum atomic E-state index is 0.949. The number of rotatable bonds is 12. The van der Waals surface area contributed by atoms with Crippen LogP contribution in [0.2, 0.25) is 0 Å². The molecule has 186 valence electrons. The van der Waals surface area contributed by atoms with E-state index < -0.39 is 0 Å². The standard InChI is InChI=1S/C35H46/c1-3-5-7-9-29-10-12-30(13-11-29)14-15-31-18-22-33(23-19-31)35-26-24-34(25-27-35)32-20-16-28(17-21-32)8-6-4-2/h16-27,29-30H,3-15H2,1-2H3/t29-,30-. The fourth-order valence-electron chi connectivity index (χ4n) is 5.83. The van der Waals surface area contributed by atoms with Gasteiger partial charge in [0, 0.05) is 0 Å². The van der Waals surface area contributed by atoms with Crippen LogP contribution in [0, 0.1) is 11.8 Å². The molecule has 0 heteroatoms. The first kappa shape index (κ1) is 25.7. The quantitative estimate of drug-likeness (QED) is 0.233. The molecule has 0 spiro atoms. The SMILES string of the molecule is CCCCC[C@H]1CC[C@H](CCc2ccc(-c3ccc(-c4ccc(CCCC)cc4)cc3)cc2)CC1. The number of unbranched alkanes of at least 4 members (excludes halogenated alkanes) is 3. The normalized spacial score (nSPS) is 18.0. The van der Waals surface area contributed by atoms with Gasteiger partial charge >= 0.3 is 0 Å². The molecule has 35 heavy (non-hydrogen) atoms. The highest BCUT2D eigenvalue weighted by Gasteiger charge is 2.20. The van der Waals surface area contributed by atoms with E-state index in [9.17, 15) is 0 Å². The highest BCUT2D eigenvalue weighted by atomic mass is 14.3. The molecule has 0 nitrogen and oxygen atoms in total. The molecule has 1 fully saturated rings. The van der Waals surface area contributed by atoms with Crippen molar-refractivity contribution in [1.82, 2.24) is 0 Å². The summed E-state index contributed by atoms with van der Waals surface area (Å²) in [7, 11) is 0. The van der Waals surface area contributed by atoms with E-state index in [1.165, 1.54) is 117 Å². The van der Waals surface area contributed by atoms with Crippen molar-refractivity contribution in [3.05, 3.63) is 83.9 Å².